The third-order valence-electron chi connectivity index (χ3n) is 2.97. The first-order valence-electron chi connectivity index (χ1n) is 6.21. The Hall–Kier alpha value is -1.78. The summed E-state index contributed by atoms with van der Waals surface area (Å²) in [6.45, 7) is 0.223. The molecule has 3 nitrogen and oxygen atoms in total. The molecule has 0 fully saturated rings. The van der Waals surface area contributed by atoms with E-state index in [0.717, 1.165) is 0 Å². The van der Waals surface area contributed by atoms with Gasteiger partial charge in [-0.05, 0) is 30.3 Å². The van der Waals surface area contributed by atoms with E-state index in [1.54, 1.807) is 30.3 Å². The molecule has 0 saturated carbocycles. The molecule has 0 unspecified atom stereocenters. The zero-order chi connectivity index (χ0) is 15.4. The number of carbonyl (C=O) groups excluding carboxylic acids is 1. The van der Waals surface area contributed by atoms with Gasteiger partial charge < -0.3 is 10.6 Å². The number of rotatable bonds is 4. The molecule has 0 aliphatic carbocycles. The number of anilines is 1. The van der Waals surface area contributed by atoms with Crippen molar-refractivity contribution in [2.24, 2.45) is 0 Å². The lowest BCUT2D eigenvalue weighted by Gasteiger charge is -2.10. The minimum Gasteiger partial charge on any atom is -0.381 e. The van der Waals surface area contributed by atoms with E-state index >= 15 is 0 Å². The van der Waals surface area contributed by atoms with Crippen molar-refractivity contribution in [3.8, 4) is 0 Å². The molecule has 2 N–H and O–H groups in total. The third-order valence-corrected chi connectivity index (χ3v) is 3.64. The lowest BCUT2D eigenvalue weighted by Crippen LogP contribution is -2.18. The van der Waals surface area contributed by atoms with Gasteiger partial charge in [-0.2, -0.15) is 0 Å². The number of nitrogens with one attached hydrogen (secondary N) is 2. The van der Waals surface area contributed by atoms with E-state index < -0.39 is 0 Å². The molecule has 0 heterocycles. The molecule has 0 atom stereocenters. The van der Waals surface area contributed by atoms with Crippen molar-refractivity contribution >= 4 is 34.8 Å². The molecular formula is C15H13Cl2FN2O. The summed E-state index contributed by atoms with van der Waals surface area (Å²) in [7, 11) is 1.53. The summed E-state index contributed by atoms with van der Waals surface area (Å²) >= 11 is 12.0. The van der Waals surface area contributed by atoms with Gasteiger partial charge in [0, 0.05) is 29.9 Å². The van der Waals surface area contributed by atoms with E-state index in [0.29, 0.717) is 26.9 Å². The van der Waals surface area contributed by atoms with Gasteiger partial charge in [0.1, 0.15) is 5.82 Å². The molecule has 2 aromatic rings. The largest absolute Gasteiger partial charge is 0.381 e. The minimum absolute atomic E-state index is 0.223. The van der Waals surface area contributed by atoms with Gasteiger partial charge in [0.05, 0.1) is 10.6 Å². The topological polar surface area (TPSA) is 41.1 Å². The molecule has 0 aliphatic heterocycles. The second-order valence-electron chi connectivity index (χ2n) is 4.33. The minimum atomic E-state index is -0.372. The van der Waals surface area contributed by atoms with Crippen LogP contribution in [-0.4, -0.2) is 13.0 Å². The Morgan fingerprint density at radius 2 is 1.95 bits per heavy atom. The number of amides is 1. The van der Waals surface area contributed by atoms with Crippen molar-refractivity contribution in [2.75, 3.05) is 12.4 Å². The Morgan fingerprint density at radius 1 is 1.19 bits per heavy atom. The van der Waals surface area contributed by atoms with Gasteiger partial charge in [0.25, 0.3) is 5.91 Å². The maximum atomic E-state index is 13.6. The number of hydrogen-bond donors (Lipinski definition) is 2. The fourth-order valence-corrected chi connectivity index (χ4v) is 2.33. The molecule has 2 aromatic carbocycles. The predicted octanol–water partition coefficient (Wildman–Crippen LogP) is 4.10. The fraction of sp³-hybridized carbons (Fsp3) is 0.133. The maximum Gasteiger partial charge on any atom is 0.252 e. The van der Waals surface area contributed by atoms with Crippen molar-refractivity contribution in [3.05, 3.63) is 63.4 Å². The molecule has 0 aromatic heterocycles. The van der Waals surface area contributed by atoms with E-state index in [2.05, 4.69) is 10.6 Å². The number of benzene rings is 2. The molecule has 0 aliphatic rings. The standard InChI is InChI=1S/C15H13Cl2FN2O/c1-19-15(21)10-6-5-9(7-13(10)17)20-8-11-12(16)3-2-4-14(11)18/h2-7,20H,8H2,1H3,(H,19,21). The molecule has 0 saturated heterocycles. The monoisotopic (exact) mass is 326 g/mol. The van der Waals surface area contributed by atoms with E-state index in [1.807, 2.05) is 0 Å². The molecule has 110 valence electrons. The van der Waals surface area contributed by atoms with Crippen LogP contribution < -0.4 is 10.6 Å². The van der Waals surface area contributed by atoms with Gasteiger partial charge >= 0.3 is 0 Å². The highest BCUT2D eigenvalue weighted by atomic mass is 35.5. The van der Waals surface area contributed by atoms with Gasteiger partial charge in [0.15, 0.2) is 0 Å². The molecule has 21 heavy (non-hydrogen) atoms. The van der Waals surface area contributed by atoms with Gasteiger partial charge in [-0.3, -0.25) is 4.79 Å². The van der Waals surface area contributed by atoms with E-state index in [9.17, 15) is 9.18 Å². The Balaban J connectivity index is 2.14. The number of carbonyl (C=O) groups is 1. The molecule has 2 rings (SSSR count). The highest BCUT2D eigenvalue weighted by molar-refractivity contribution is 6.34. The number of halogens is 3. The Labute approximate surface area is 132 Å². The van der Waals surface area contributed by atoms with Crippen LogP contribution in [-0.2, 0) is 6.54 Å². The smallest absolute Gasteiger partial charge is 0.252 e. The Kier molecular flexibility index (Phi) is 5.04. The highest BCUT2D eigenvalue weighted by Crippen LogP contribution is 2.23. The van der Waals surface area contributed by atoms with Crippen LogP contribution in [0.25, 0.3) is 0 Å². The van der Waals surface area contributed by atoms with Crippen LogP contribution in [0.1, 0.15) is 15.9 Å². The summed E-state index contributed by atoms with van der Waals surface area (Å²) in [6.07, 6.45) is 0. The zero-order valence-corrected chi connectivity index (χ0v) is 12.7. The van der Waals surface area contributed by atoms with E-state index in [-0.39, 0.29) is 18.3 Å². The molecule has 0 radical (unpaired) electrons. The maximum absolute atomic E-state index is 13.6. The molecule has 6 heteroatoms. The normalized spacial score (nSPS) is 10.3. The lowest BCUT2D eigenvalue weighted by molar-refractivity contribution is 0.0963. The van der Waals surface area contributed by atoms with Gasteiger partial charge in [-0.1, -0.05) is 29.3 Å². The predicted molar refractivity (Wildman–Crippen MR) is 83.6 cm³/mol. The first kappa shape index (κ1) is 15.6. The van der Waals surface area contributed by atoms with Crippen LogP contribution in [0.4, 0.5) is 10.1 Å². The molecule has 1 amide bonds. The van der Waals surface area contributed by atoms with Crippen LogP contribution in [0.3, 0.4) is 0 Å². The van der Waals surface area contributed by atoms with Crippen LogP contribution in [0.2, 0.25) is 10.0 Å². The van der Waals surface area contributed by atoms with Crippen LogP contribution >= 0.6 is 23.2 Å². The molecule has 0 spiro atoms. The second-order valence-corrected chi connectivity index (χ2v) is 5.14. The van der Waals surface area contributed by atoms with E-state index in [4.69, 9.17) is 23.2 Å². The van der Waals surface area contributed by atoms with Crippen molar-refractivity contribution in [1.82, 2.24) is 5.32 Å². The Morgan fingerprint density at radius 3 is 2.57 bits per heavy atom. The molecular weight excluding hydrogens is 314 g/mol. The third kappa shape index (κ3) is 3.65. The average Bonchev–Trinajstić information content (AvgIpc) is 2.46. The Bertz CT molecular complexity index is 656. The summed E-state index contributed by atoms with van der Waals surface area (Å²) in [5.41, 5.74) is 1.44. The number of hydrogen-bond acceptors (Lipinski definition) is 2. The summed E-state index contributed by atoms with van der Waals surface area (Å²) in [5, 5.41) is 6.21. The van der Waals surface area contributed by atoms with Crippen molar-refractivity contribution in [1.29, 1.82) is 0 Å². The van der Waals surface area contributed by atoms with Gasteiger partial charge in [-0.15, -0.1) is 0 Å². The molecule has 0 bridgehead atoms. The van der Waals surface area contributed by atoms with Crippen LogP contribution in [0, 0.1) is 5.82 Å². The van der Waals surface area contributed by atoms with Crippen LogP contribution in [0.15, 0.2) is 36.4 Å². The van der Waals surface area contributed by atoms with Gasteiger partial charge in [0.2, 0.25) is 0 Å². The summed E-state index contributed by atoms with van der Waals surface area (Å²) < 4.78 is 13.6. The second kappa shape index (κ2) is 6.78. The summed E-state index contributed by atoms with van der Waals surface area (Å²) in [4.78, 5) is 11.5. The average molecular weight is 327 g/mol. The van der Waals surface area contributed by atoms with Crippen molar-refractivity contribution in [2.45, 2.75) is 6.54 Å². The highest BCUT2D eigenvalue weighted by Gasteiger charge is 2.10. The first-order chi connectivity index (χ1) is 10.0. The quantitative estimate of drug-likeness (QED) is 0.887. The summed E-state index contributed by atoms with van der Waals surface area (Å²) in [5.74, 6) is -0.633. The van der Waals surface area contributed by atoms with E-state index in [1.165, 1.54) is 13.1 Å². The zero-order valence-electron chi connectivity index (χ0n) is 11.2. The van der Waals surface area contributed by atoms with Gasteiger partial charge in [-0.25, -0.2) is 4.39 Å². The SMILES string of the molecule is CNC(=O)c1ccc(NCc2c(F)cccc2Cl)cc1Cl. The van der Waals surface area contributed by atoms with Crippen molar-refractivity contribution < 1.29 is 9.18 Å². The lowest BCUT2D eigenvalue weighted by atomic mass is 10.1. The summed E-state index contributed by atoms with van der Waals surface area (Å²) in [6, 6.07) is 9.45. The fourth-order valence-electron chi connectivity index (χ4n) is 1.84. The first-order valence-corrected chi connectivity index (χ1v) is 6.97. The van der Waals surface area contributed by atoms with Crippen LogP contribution in [0.5, 0.6) is 0 Å². The van der Waals surface area contributed by atoms with Crippen molar-refractivity contribution in [3.63, 3.8) is 0 Å².